The maximum atomic E-state index is 6.17. The van der Waals surface area contributed by atoms with Gasteiger partial charge in [-0.25, -0.2) is 4.42 Å². The fraction of sp³-hybridized carbons (Fsp3) is 0.150. The lowest BCUT2D eigenvalue weighted by molar-refractivity contribution is 0.579. The Bertz CT molecular complexity index is 665. The first-order chi connectivity index (χ1) is 10.9. The second kappa shape index (κ2) is 7.54. The van der Waals surface area contributed by atoms with Gasteiger partial charge < -0.3 is 0 Å². The second-order valence-corrected chi connectivity index (χ2v) is 6.30. The van der Waals surface area contributed by atoms with Crippen molar-refractivity contribution in [1.29, 1.82) is 0 Å². The minimum absolute atomic E-state index is 0.936. The van der Waals surface area contributed by atoms with E-state index in [2.05, 4.69) is 59.0 Å². The van der Waals surface area contributed by atoms with Gasteiger partial charge in [0.1, 0.15) is 0 Å². The predicted molar refractivity (Wildman–Crippen MR) is 101 cm³/mol. The van der Waals surface area contributed by atoms with Crippen LogP contribution in [0.5, 0.6) is 0 Å². The van der Waals surface area contributed by atoms with E-state index in [-0.39, 0.29) is 0 Å². The van der Waals surface area contributed by atoms with Crippen LogP contribution in [0.25, 0.3) is 22.6 Å². The van der Waals surface area contributed by atoms with E-state index >= 15 is 0 Å². The zero-order valence-corrected chi connectivity index (χ0v) is 14.5. The van der Waals surface area contributed by atoms with Gasteiger partial charge in [0.2, 0.25) is 0 Å². The van der Waals surface area contributed by atoms with Gasteiger partial charge in [-0.15, -0.1) is 0 Å². The molecule has 3 aromatic rings. The molecular formula is C20H18IO+. The van der Waals surface area contributed by atoms with Crippen molar-refractivity contribution in [2.45, 2.75) is 12.8 Å². The summed E-state index contributed by atoms with van der Waals surface area (Å²) in [5, 5.41) is 0. The van der Waals surface area contributed by atoms with Crippen molar-refractivity contribution >= 4 is 22.6 Å². The number of benzene rings is 2. The summed E-state index contributed by atoms with van der Waals surface area (Å²) in [7, 11) is 0. The average molecular weight is 401 g/mol. The smallest absolute Gasteiger partial charge is 0.207 e. The van der Waals surface area contributed by atoms with E-state index < -0.39 is 0 Å². The fourth-order valence-electron chi connectivity index (χ4n) is 2.46. The topological polar surface area (TPSA) is 11.3 Å². The van der Waals surface area contributed by atoms with Crippen molar-refractivity contribution in [2.75, 3.05) is 4.43 Å². The van der Waals surface area contributed by atoms with Crippen LogP contribution in [0.2, 0.25) is 0 Å². The van der Waals surface area contributed by atoms with E-state index in [1.54, 1.807) is 0 Å². The van der Waals surface area contributed by atoms with Crippen LogP contribution in [0.15, 0.2) is 77.2 Å². The number of halogens is 1. The van der Waals surface area contributed by atoms with Crippen LogP contribution in [0.3, 0.4) is 0 Å². The zero-order valence-electron chi connectivity index (χ0n) is 12.3. The molecule has 0 amide bonds. The molecule has 110 valence electrons. The highest BCUT2D eigenvalue weighted by Crippen LogP contribution is 2.28. The Balaban J connectivity index is 2.06. The average Bonchev–Trinajstić information content (AvgIpc) is 2.61. The molecule has 0 fully saturated rings. The Labute approximate surface area is 145 Å². The normalized spacial score (nSPS) is 10.6. The molecule has 0 saturated heterocycles. The predicted octanol–water partition coefficient (Wildman–Crippen LogP) is 6.26. The van der Waals surface area contributed by atoms with Gasteiger partial charge in [0.05, 0.1) is 11.1 Å². The lowest BCUT2D eigenvalue weighted by atomic mass is 10.0. The summed E-state index contributed by atoms with van der Waals surface area (Å²) < 4.78 is 7.34. The van der Waals surface area contributed by atoms with Crippen molar-refractivity contribution in [1.82, 2.24) is 0 Å². The third-order valence-electron chi connectivity index (χ3n) is 3.57. The third-order valence-corrected chi connectivity index (χ3v) is 4.33. The molecule has 1 heterocycles. The molecule has 2 heteroatoms. The number of hydrogen-bond donors (Lipinski definition) is 0. The van der Waals surface area contributed by atoms with Crippen molar-refractivity contribution in [2.24, 2.45) is 0 Å². The summed E-state index contributed by atoms with van der Waals surface area (Å²) in [5.74, 6) is 1.87. The van der Waals surface area contributed by atoms with Gasteiger partial charge in [-0.1, -0.05) is 59.0 Å². The molecular weight excluding hydrogens is 383 g/mol. The van der Waals surface area contributed by atoms with Crippen LogP contribution < -0.4 is 0 Å². The van der Waals surface area contributed by atoms with Crippen LogP contribution in [0.4, 0.5) is 0 Å². The zero-order chi connectivity index (χ0) is 15.2. The lowest BCUT2D eigenvalue weighted by Crippen LogP contribution is -1.90. The Kier molecular flexibility index (Phi) is 5.22. The minimum Gasteiger partial charge on any atom is -0.207 e. The van der Waals surface area contributed by atoms with Gasteiger partial charge in [0.15, 0.2) is 0 Å². The van der Waals surface area contributed by atoms with E-state index in [0.29, 0.717) is 0 Å². The largest absolute Gasteiger partial charge is 0.361 e. The molecule has 1 nitrogen and oxygen atoms in total. The van der Waals surface area contributed by atoms with Crippen LogP contribution in [0.1, 0.15) is 12.0 Å². The van der Waals surface area contributed by atoms with Crippen LogP contribution in [-0.4, -0.2) is 4.43 Å². The highest BCUT2D eigenvalue weighted by atomic mass is 127. The van der Waals surface area contributed by atoms with Crippen molar-refractivity contribution in [3.8, 4) is 22.6 Å². The fourth-order valence-corrected chi connectivity index (χ4v) is 2.84. The van der Waals surface area contributed by atoms with Gasteiger partial charge in [-0.3, -0.25) is 0 Å². The van der Waals surface area contributed by atoms with Gasteiger partial charge in [0.25, 0.3) is 0 Å². The van der Waals surface area contributed by atoms with Crippen molar-refractivity contribution < 1.29 is 4.42 Å². The van der Waals surface area contributed by atoms with E-state index in [0.717, 1.165) is 29.1 Å². The van der Waals surface area contributed by atoms with Gasteiger partial charge in [-0.2, -0.15) is 0 Å². The van der Waals surface area contributed by atoms with Crippen LogP contribution in [-0.2, 0) is 6.42 Å². The van der Waals surface area contributed by atoms with Crippen LogP contribution in [0, 0.1) is 0 Å². The molecule has 3 rings (SSSR count). The monoisotopic (exact) mass is 401 g/mol. The summed E-state index contributed by atoms with van der Waals surface area (Å²) in [6.45, 7) is 0. The lowest BCUT2D eigenvalue weighted by Gasteiger charge is -2.00. The van der Waals surface area contributed by atoms with Gasteiger partial charge >= 0.3 is 11.5 Å². The summed E-state index contributed by atoms with van der Waals surface area (Å²) in [4.78, 5) is 0. The van der Waals surface area contributed by atoms with Gasteiger partial charge in [0, 0.05) is 12.1 Å². The molecule has 0 aliphatic rings. The second-order valence-electron chi connectivity index (χ2n) is 5.22. The first kappa shape index (κ1) is 15.2. The van der Waals surface area contributed by atoms with Crippen molar-refractivity contribution in [3.05, 3.63) is 78.4 Å². The van der Waals surface area contributed by atoms with E-state index in [4.69, 9.17) is 4.42 Å². The molecule has 0 saturated carbocycles. The quantitative estimate of drug-likeness (QED) is 0.279. The molecule has 2 aromatic carbocycles. The molecule has 0 bridgehead atoms. The van der Waals surface area contributed by atoms with E-state index in [1.165, 1.54) is 16.4 Å². The molecule has 0 aliphatic heterocycles. The number of rotatable bonds is 5. The summed E-state index contributed by atoms with van der Waals surface area (Å²) >= 11 is 2.43. The molecule has 0 N–H and O–H groups in total. The summed E-state index contributed by atoms with van der Waals surface area (Å²) in [6, 6.07) is 25.0. The molecule has 0 unspecified atom stereocenters. The Hall–Kier alpha value is -1.68. The first-order valence-corrected chi connectivity index (χ1v) is 9.03. The molecule has 0 radical (unpaired) electrons. The molecule has 1 aromatic heterocycles. The van der Waals surface area contributed by atoms with E-state index in [9.17, 15) is 0 Å². The minimum atomic E-state index is 0.936. The number of alkyl halides is 1. The SMILES string of the molecule is ICCCc1cc(-c2ccccc2)[o+]c(-c2ccccc2)c1. The first-order valence-electron chi connectivity index (χ1n) is 7.51. The highest BCUT2D eigenvalue weighted by Gasteiger charge is 2.19. The molecule has 22 heavy (non-hydrogen) atoms. The summed E-state index contributed by atoms with van der Waals surface area (Å²) in [5.41, 5.74) is 3.58. The number of hydrogen-bond acceptors (Lipinski definition) is 0. The molecule has 0 spiro atoms. The van der Waals surface area contributed by atoms with Crippen LogP contribution >= 0.6 is 22.6 Å². The van der Waals surface area contributed by atoms with Gasteiger partial charge in [-0.05, 0) is 47.1 Å². The standard InChI is InChI=1S/C20H18IO/c21-13-7-8-16-14-19(17-9-3-1-4-10-17)22-20(15-16)18-11-5-2-6-12-18/h1-6,9-12,14-15H,7-8,13H2/q+1. The highest BCUT2D eigenvalue weighted by molar-refractivity contribution is 14.1. The Morgan fingerprint density at radius 2 is 1.23 bits per heavy atom. The molecule has 0 atom stereocenters. The molecule has 0 aliphatic carbocycles. The maximum absolute atomic E-state index is 6.17. The van der Waals surface area contributed by atoms with E-state index in [1.807, 2.05) is 36.4 Å². The Morgan fingerprint density at radius 1 is 0.727 bits per heavy atom. The van der Waals surface area contributed by atoms with Crippen molar-refractivity contribution in [3.63, 3.8) is 0 Å². The maximum Gasteiger partial charge on any atom is 0.361 e. The number of aryl methyl sites for hydroxylation is 1. The Morgan fingerprint density at radius 3 is 1.68 bits per heavy atom. The third kappa shape index (κ3) is 3.74. The summed E-state index contributed by atoms with van der Waals surface area (Å²) in [6.07, 6.45) is 2.27.